The van der Waals surface area contributed by atoms with E-state index in [9.17, 15) is 14.7 Å². The van der Waals surface area contributed by atoms with Crippen molar-refractivity contribution in [2.75, 3.05) is 5.32 Å². The zero-order valence-corrected chi connectivity index (χ0v) is 13.1. The molecule has 0 aliphatic carbocycles. The van der Waals surface area contributed by atoms with Gasteiger partial charge in [0.05, 0.1) is 5.69 Å². The second kappa shape index (κ2) is 5.69. The highest BCUT2D eigenvalue weighted by molar-refractivity contribution is 6.05. The summed E-state index contributed by atoms with van der Waals surface area (Å²) in [6, 6.07) is 7.60. The SMILES string of the molecule is Cc1ccc2nc(C)c(C(=O)Nc3ccc(O)c(C(=O)O)c3)n2c1. The van der Waals surface area contributed by atoms with Gasteiger partial charge in [0.1, 0.15) is 22.7 Å². The lowest BCUT2D eigenvalue weighted by Gasteiger charge is -2.08. The van der Waals surface area contributed by atoms with E-state index in [1.165, 1.54) is 18.2 Å². The molecule has 24 heavy (non-hydrogen) atoms. The van der Waals surface area contributed by atoms with Gasteiger partial charge in [0.25, 0.3) is 5.91 Å². The highest BCUT2D eigenvalue weighted by Crippen LogP contribution is 2.22. The predicted octanol–water partition coefficient (Wildman–Crippen LogP) is 2.61. The maximum Gasteiger partial charge on any atom is 0.339 e. The van der Waals surface area contributed by atoms with Crippen molar-refractivity contribution in [3.05, 3.63) is 59.0 Å². The van der Waals surface area contributed by atoms with Crippen molar-refractivity contribution in [2.45, 2.75) is 13.8 Å². The maximum absolute atomic E-state index is 12.6. The van der Waals surface area contributed by atoms with Crippen LogP contribution in [0.15, 0.2) is 36.5 Å². The zero-order chi connectivity index (χ0) is 17.4. The highest BCUT2D eigenvalue weighted by Gasteiger charge is 2.18. The summed E-state index contributed by atoms with van der Waals surface area (Å²) in [5.74, 6) is -2.04. The van der Waals surface area contributed by atoms with Gasteiger partial charge < -0.3 is 15.5 Å². The van der Waals surface area contributed by atoms with Gasteiger partial charge in [-0.25, -0.2) is 9.78 Å². The van der Waals surface area contributed by atoms with Crippen molar-refractivity contribution >= 4 is 23.2 Å². The van der Waals surface area contributed by atoms with Crippen LogP contribution < -0.4 is 5.32 Å². The summed E-state index contributed by atoms with van der Waals surface area (Å²) in [4.78, 5) is 28.0. The largest absolute Gasteiger partial charge is 0.507 e. The van der Waals surface area contributed by atoms with Crippen LogP contribution in [0.4, 0.5) is 5.69 Å². The highest BCUT2D eigenvalue weighted by atomic mass is 16.4. The van der Waals surface area contributed by atoms with Gasteiger partial charge in [-0.1, -0.05) is 6.07 Å². The lowest BCUT2D eigenvalue weighted by Crippen LogP contribution is -2.16. The second-order valence-corrected chi connectivity index (χ2v) is 5.47. The lowest BCUT2D eigenvalue weighted by atomic mass is 10.1. The van der Waals surface area contributed by atoms with E-state index in [4.69, 9.17) is 5.11 Å². The number of benzene rings is 1. The fraction of sp³-hybridized carbons (Fsp3) is 0.118. The number of carboxylic acid groups (broad SMARTS) is 1. The lowest BCUT2D eigenvalue weighted by molar-refractivity contribution is 0.0693. The van der Waals surface area contributed by atoms with Gasteiger partial charge in [-0.15, -0.1) is 0 Å². The first-order chi connectivity index (χ1) is 11.4. The summed E-state index contributed by atoms with van der Waals surface area (Å²) in [6.07, 6.45) is 1.81. The molecular weight excluding hydrogens is 310 g/mol. The molecule has 0 saturated heterocycles. The third kappa shape index (κ3) is 2.67. The number of hydrogen-bond donors (Lipinski definition) is 3. The van der Waals surface area contributed by atoms with E-state index in [0.29, 0.717) is 17.0 Å². The van der Waals surface area contributed by atoms with Crippen LogP contribution >= 0.6 is 0 Å². The predicted molar refractivity (Wildman–Crippen MR) is 87.7 cm³/mol. The number of anilines is 1. The summed E-state index contributed by atoms with van der Waals surface area (Å²) in [5, 5.41) is 21.2. The first-order valence-corrected chi connectivity index (χ1v) is 7.20. The molecule has 0 aliphatic rings. The number of hydrogen-bond acceptors (Lipinski definition) is 4. The molecule has 7 nitrogen and oxygen atoms in total. The number of rotatable bonds is 3. The summed E-state index contributed by atoms with van der Waals surface area (Å²) >= 11 is 0. The molecule has 7 heteroatoms. The minimum absolute atomic E-state index is 0.275. The van der Waals surface area contributed by atoms with Crippen LogP contribution in [0.2, 0.25) is 0 Å². The van der Waals surface area contributed by atoms with Crippen molar-refractivity contribution in [3.8, 4) is 5.75 Å². The Kier molecular flexibility index (Phi) is 3.69. The van der Waals surface area contributed by atoms with E-state index in [0.717, 1.165) is 5.56 Å². The quantitative estimate of drug-likeness (QED) is 0.642. The third-order valence-electron chi connectivity index (χ3n) is 3.64. The molecule has 3 rings (SSSR count). The van der Waals surface area contributed by atoms with Gasteiger partial charge in [-0.2, -0.15) is 0 Å². The van der Waals surface area contributed by atoms with Crippen molar-refractivity contribution in [3.63, 3.8) is 0 Å². The standard InChI is InChI=1S/C17H15N3O4/c1-9-3-6-14-18-10(2)15(20(14)8-9)16(22)19-11-4-5-13(21)12(7-11)17(23)24/h3-8,21H,1-2H3,(H,19,22)(H,23,24). The number of fused-ring (bicyclic) bond motifs is 1. The normalized spacial score (nSPS) is 10.8. The Morgan fingerprint density at radius 2 is 1.92 bits per heavy atom. The number of nitrogens with zero attached hydrogens (tertiary/aromatic N) is 2. The van der Waals surface area contributed by atoms with Crippen LogP contribution in [-0.4, -0.2) is 31.5 Å². The number of aromatic nitrogens is 2. The zero-order valence-electron chi connectivity index (χ0n) is 13.1. The van der Waals surface area contributed by atoms with E-state index in [1.807, 2.05) is 25.3 Å². The maximum atomic E-state index is 12.6. The Hall–Kier alpha value is -3.35. The molecule has 1 amide bonds. The summed E-state index contributed by atoms with van der Waals surface area (Å²) in [7, 11) is 0. The van der Waals surface area contributed by atoms with E-state index in [-0.39, 0.29) is 17.0 Å². The van der Waals surface area contributed by atoms with Crippen LogP contribution in [0.25, 0.3) is 5.65 Å². The smallest absolute Gasteiger partial charge is 0.339 e. The molecule has 0 saturated carbocycles. The molecule has 1 aromatic carbocycles. The Labute approximate surface area is 137 Å². The number of nitrogens with one attached hydrogen (secondary N) is 1. The Morgan fingerprint density at radius 3 is 2.62 bits per heavy atom. The van der Waals surface area contributed by atoms with Gasteiger partial charge in [0, 0.05) is 11.9 Å². The molecule has 2 heterocycles. The van der Waals surface area contributed by atoms with Gasteiger partial charge in [0.2, 0.25) is 0 Å². The third-order valence-corrected chi connectivity index (χ3v) is 3.64. The molecule has 122 valence electrons. The van der Waals surface area contributed by atoms with Gasteiger partial charge in [-0.05, 0) is 43.7 Å². The fourth-order valence-electron chi connectivity index (χ4n) is 2.52. The number of aromatic hydroxyl groups is 1. The average molecular weight is 325 g/mol. The number of aryl methyl sites for hydroxylation is 2. The van der Waals surface area contributed by atoms with Crippen LogP contribution in [0.1, 0.15) is 32.1 Å². The van der Waals surface area contributed by atoms with Crippen molar-refractivity contribution in [1.29, 1.82) is 0 Å². The molecule has 3 N–H and O–H groups in total. The first-order valence-electron chi connectivity index (χ1n) is 7.20. The molecule has 2 aromatic heterocycles. The number of carbonyl (C=O) groups is 2. The molecule has 3 aromatic rings. The first kappa shape index (κ1) is 15.5. The van der Waals surface area contributed by atoms with E-state index in [2.05, 4.69) is 10.3 Å². The van der Waals surface area contributed by atoms with Crippen molar-refractivity contribution in [2.24, 2.45) is 0 Å². The van der Waals surface area contributed by atoms with E-state index >= 15 is 0 Å². The molecule has 0 radical (unpaired) electrons. The van der Waals surface area contributed by atoms with Crippen LogP contribution in [0.3, 0.4) is 0 Å². The Morgan fingerprint density at radius 1 is 1.17 bits per heavy atom. The van der Waals surface area contributed by atoms with Gasteiger partial charge in [-0.3, -0.25) is 9.20 Å². The van der Waals surface area contributed by atoms with Crippen molar-refractivity contribution < 1.29 is 19.8 Å². The number of phenols is 1. The fourth-order valence-corrected chi connectivity index (χ4v) is 2.52. The number of carboxylic acids is 1. The molecule has 0 spiro atoms. The molecule has 0 fully saturated rings. The van der Waals surface area contributed by atoms with Gasteiger partial charge >= 0.3 is 5.97 Å². The monoisotopic (exact) mass is 325 g/mol. The van der Waals surface area contributed by atoms with Crippen LogP contribution in [0.5, 0.6) is 5.75 Å². The molecule has 0 unspecified atom stereocenters. The average Bonchev–Trinajstić information content (AvgIpc) is 2.84. The molecular formula is C17H15N3O4. The Balaban J connectivity index is 1.99. The minimum atomic E-state index is -1.27. The minimum Gasteiger partial charge on any atom is -0.507 e. The molecule has 0 bridgehead atoms. The number of aromatic carboxylic acids is 1. The number of carbonyl (C=O) groups excluding carboxylic acids is 1. The summed E-state index contributed by atoms with van der Waals surface area (Å²) < 4.78 is 1.69. The second-order valence-electron chi connectivity index (χ2n) is 5.47. The number of pyridine rings is 1. The van der Waals surface area contributed by atoms with E-state index in [1.54, 1.807) is 11.3 Å². The van der Waals surface area contributed by atoms with Crippen LogP contribution in [-0.2, 0) is 0 Å². The summed E-state index contributed by atoms with van der Waals surface area (Å²) in [5.41, 5.74) is 2.57. The van der Waals surface area contributed by atoms with E-state index < -0.39 is 11.9 Å². The van der Waals surface area contributed by atoms with Crippen molar-refractivity contribution in [1.82, 2.24) is 9.38 Å². The molecule has 0 atom stereocenters. The summed E-state index contributed by atoms with van der Waals surface area (Å²) in [6.45, 7) is 3.65. The Bertz CT molecular complexity index is 975. The number of imidazole rings is 1. The topological polar surface area (TPSA) is 104 Å². The van der Waals surface area contributed by atoms with Crippen LogP contribution in [0, 0.1) is 13.8 Å². The molecule has 0 aliphatic heterocycles. The van der Waals surface area contributed by atoms with Gasteiger partial charge in [0.15, 0.2) is 0 Å². The number of amides is 1.